The van der Waals surface area contributed by atoms with Crippen LogP contribution in [0.4, 0.5) is 13.9 Å². The Morgan fingerprint density at radius 3 is 2.33 bits per heavy atom. The summed E-state index contributed by atoms with van der Waals surface area (Å²) in [5.41, 5.74) is 4.80. The lowest BCUT2D eigenvalue weighted by molar-refractivity contribution is -0.137. The molecule has 2 unspecified atom stereocenters. The van der Waals surface area contributed by atoms with Gasteiger partial charge in [-0.2, -0.15) is 0 Å². The van der Waals surface area contributed by atoms with Crippen LogP contribution < -0.4 is 21.8 Å². The number of rotatable bonds is 6. The number of amides is 3. The molecular weight excluding hydrogens is 456 g/mol. The largest absolute Gasteiger partial charge is 0.375 e. The van der Waals surface area contributed by atoms with Gasteiger partial charge < -0.3 is 16.4 Å². The summed E-state index contributed by atoms with van der Waals surface area (Å²) in [6.45, 7) is 1.85. The zero-order chi connectivity index (χ0) is 24.6. The molecule has 9 nitrogen and oxygen atoms in total. The molecule has 0 saturated heterocycles. The van der Waals surface area contributed by atoms with Crippen LogP contribution in [-0.4, -0.2) is 45.9 Å². The third-order valence-corrected chi connectivity index (χ3v) is 5.01. The Kier molecular flexibility index (Phi) is 8.45. The summed E-state index contributed by atoms with van der Waals surface area (Å²) in [5.74, 6) is 7.75. The van der Waals surface area contributed by atoms with Crippen LogP contribution in [-0.2, 0) is 9.59 Å². The van der Waals surface area contributed by atoms with E-state index in [4.69, 9.17) is 10.9 Å². The van der Waals surface area contributed by atoms with E-state index in [1.807, 2.05) is 5.32 Å². The van der Waals surface area contributed by atoms with Crippen molar-refractivity contribution < 1.29 is 28.4 Å². The van der Waals surface area contributed by atoms with Crippen molar-refractivity contribution in [2.75, 3.05) is 5.73 Å². The Labute approximate surface area is 191 Å². The van der Waals surface area contributed by atoms with Crippen LogP contribution in [0.2, 0.25) is 0 Å². The van der Waals surface area contributed by atoms with Crippen molar-refractivity contribution in [2.24, 2.45) is 0 Å². The first-order chi connectivity index (χ1) is 15.6. The van der Waals surface area contributed by atoms with E-state index in [1.165, 1.54) is 47.3 Å². The predicted octanol–water partition coefficient (Wildman–Crippen LogP) is 0.892. The van der Waals surface area contributed by atoms with Gasteiger partial charge in [0.2, 0.25) is 5.91 Å². The molecule has 3 amide bonds. The van der Waals surface area contributed by atoms with E-state index in [9.17, 15) is 23.2 Å². The molecule has 1 aromatic heterocycles. The number of aromatic nitrogens is 1. The molecule has 33 heavy (non-hydrogen) atoms. The van der Waals surface area contributed by atoms with E-state index in [-0.39, 0.29) is 5.56 Å². The molecule has 6 N–H and O–H groups in total. The Hall–Kier alpha value is -4.00. The highest BCUT2D eigenvalue weighted by Gasteiger charge is 2.48. The molecule has 172 valence electrons. The van der Waals surface area contributed by atoms with E-state index in [0.717, 1.165) is 13.8 Å². The van der Waals surface area contributed by atoms with Crippen molar-refractivity contribution in [1.29, 1.82) is 0 Å². The maximum atomic E-state index is 13.7. The maximum Gasteiger partial charge on any atom is 0.268 e. The van der Waals surface area contributed by atoms with Gasteiger partial charge in [0.05, 0.1) is 11.1 Å². The highest BCUT2D eigenvalue weighted by molar-refractivity contribution is 7.15. The zero-order valence-electron chi connectivity index (χ0n) is 17.4. The van der Waals surface area contributed by atoms with E-state index in [0.29, 0.717) is 15.6 Å². The number of carbonyl (C=O) groups is 3. The minimum atomic E-state index is -3.25. The number of hydroxylamine groups is 1. The van der Waals surface area contributed by atoms with E-state index in [2.05, 4.69) is 34.0 Å². The highest BCUT2D eigenvalue weighted by Crippen LogP contribution is 2.21. The average Bonchev–Trinajstić information content (AvgIpc) is 3.19. The first-order valence-corrected chi connectivity index (χ1v) is 10.0. The molecule has 0 fully saturated rings. The van der Waals surface area contributed by atoms with Crippen molar-refractivity contribution >= 4 is 34.2 Å². The van der Waals surface area contributed by atoms with Crippen LogP contribution in [0.3, 0.4) is 0 Å². The van der Waals surface area contributed by atoms with Crippen LogP contribution in [0.15, 0.2) is 30.5 Å². The molecular formula is C21H19F2N5O4S. The van der Waals surface area contributed by atoms with Crippen molar-refractivity contribution in [3.05, 3.63) is 46.5 Å². The lowest BCUT2D eigenvalue weighted by atomic mass is 9.91. The molecule has 0 saturated carbocycles. The summed E-state index contributed by atoms with van der Waals surface area (Å²) >= 11 is 1.22. The van der Waals surface area contributed by atoms with Crippen LogP contribution >= 0.6 is 11.3 Å². The molecule has 2 rings (SSSR count). The van der Waals surface area contributed by atoms with Crippen LogP contribution in [0.5, 0.6) is 0 Å². The topological polar surface area (TPSA) is 146 Å². The molecule has 2 aromatic rings. The molecule has 0 aliphatic heterocycles. The SMILES string of the molecule is CC(=O)NC(C)(C(F)F)C(NC(=O)c1ccc(C#CC#Cc2cnc(N)s2)cc1)C(=O)NO. The fourth-order valence-corrected chi connectivity index (χ4v) is 3.18. The first-order valence-electron chi connectivity index (χ1n) is 9.22. The van der Waals surface area contributed by atoms with Crippen LogP contribution in [0.1, 0.15) is 34.6 Å². The minimum Gasteiger partial charge on any atom is -0.375 e. The number of nitrogen functional groups attached to an aromatic ring is 1. The molecule has 2 atom stereocenters. The van der Waals surface area contributed by atoms with Crippen molar-refractivity contribution in [3.8, 4) is 23.7 Å². The fraction of sp³-hybridized carbons (Fsp3) is 0.238. The summed E-state index contributed by atoms with van der Waals surface area (Å²) < 4.78 is 27.4. The lowest BCUT2D eigenvalue weighted by Crippen LogP contribution is -2.68. The lowest BCUT2D eigenvalue weighted by Gasteiger charge is -2.36. The van der Waals surface area contributed by atoms with Gasteiger partial charge in [-0.1, -0.05) is 17.3 Å². The highest BCUT2D eigenvalue weighted by atomic mass is 32.1. The molecule has 12 heteroatoms. The van der Waals surface area contributed by atoms with E-state index < -0.39 is 35.7 Å². The van der Waals surface area contributed by atoms with Gasteiger partial charge in [0.25, 0.3) is 18.2 Å². The summed E-state index contributed by atoms with van der Waals surface area (Å²) in [4.78, 5) is 40.5. The summed E-state index contributed by atoms with van der Waals surface area (Å²) in [7, 11) is 0. The minimum absolute atomic E-state index is 0.0296. The number of halogens is 2. The second-order valence-electron chi connectivity index (χ2n) is 6.79. The average molecular weight is 475 g/mol. The Bertz CT molecular complexity index is 1160. The third kappa shape index (κ3) is 6.74. The van der Waals surface area contributed by atoms with Gasteiger partial charge in [0.1, 0.15) is 11.6 Å². The number of thiazole rings is 1. The molecule has 0 aliphatic carbocycles. The standard InChI is InChI=1S/C21H19F2N5O4S/c1-12(29)27-21(2,19(22)23)16(18(31)28-32)26-17(30)14-9-7-13(8-10-14)5-3-4-6-15-11-25-20(24)33-15/h7-11,16,19,32H,1-2H3,(H2,24,25)(H,26,30)(H,27,29)(H,28,31). The van der Waals surface area contributed by atoms with Gasteiger partial charge in [-0.25, -0.2) is 19.2 Å². The van der Waals surface area contributed by atoms with E-state index >= 15 is 0 Å². The van der Waals surface area contributed by atoms with Gasteiger partial charge in [0, 0.05) is 18.1 Å². The first kappa shape index (κ1) is 25.3. The number of nitrogens with one attached hydrogen (secondary N) is 3. The second-order valence-corrected chi connectivity index (χ2v) is 7.85. The smallest absolute Gasteiger partial charge is 0.268 e. The Morgan fingerprint density at radius 2 is 1.82 bits per heavy atom. The zero-order valence-corrected chi connectivity index (χ0v) is 18.2. The van der Waals surface area contributed by atoms with Gasteiger partial charge in [0.15, 0.2) is 5.13 Å². The Balaban J connectivity index is 2.17. The normalized spacial score (nSPS) is 12.8. The van der Waals surface area contributed by atoms with Crippen molar-refractivity contribution in [1.82, 2.24) is 21.1 Å². The van der Waals surface area contributed by atoms with Gasteiger partial charge in [-0.05, 0) is 49.0 Å². The molecule has 0 spiro atoms. The number of alkyl halides is 2. The van der Waals surface area contributed by atoms with Crippen molar-refractivity contribution in [3.63, 3.8) is 0 Å². The van der Waals surface area contributed by atoms with E-state index in [1.54, 1.807) is 0 Å². The Morgan fingerprint density at radius 1 is 1.18 bits per heavy atom. The fourth-order valence-electron chi connectivity index (χ4n) is 2.65. The number of anilines is 1. The maximum absolute atomic E-state index is 13.7. The summed E-state index contributed by atoms with van der Waals surface area (Å²) in [5, 5.41) is 13.4. The number of benzene rings is 1. The van der Waals surface area contributed by atoms with Gasteiger partial charge >= 0.3 is 0 Å². The summed E-state index contributed by atoms with van der Waals surface area (Å²) in [6.07, 6.45) is -1.72. The van der Waals surface area contributed by atoms with Crippen LogP contribution in [0.25, 0.3) is 0 Å². The number of carbonyl (C=O) groups excluding carboxylic acids is 3. The molecule has 1 aromatic carbocycles. The quantitative estimate of drug-likeness (QED) is 0.238. The number of nitrogens with two attached hydrogens (primary N) is 1. The molecule has 1 heterocycles. The molecule has 0 aliphatic rings. The monoisotopic (exact) mass is 475 g/mol. The second kappa shape index (κ2) is 11.0. The number of hydrogen-bond acceptors (Lipinski definition) is 7. The molecule has 0 bridgehead atoms. The number of nitrogens with zero attached hydrogens (tertiary/aromatic N) is 1. The summed E-state index contributed by atoms with van der Waals surface area (Å²) in [6, 6.07) is 3.74. The van der Waals surface area contributed by atoms with Crippen molar-refractivity contribution in [2.45, 2.75) is 31.9 Å². The van der Waals surface area contributed by atoms with Gasteiger partial charge in [-0.3, -0.25) is 19.6 Å². The number of hydrogen-bond donors (Lipinski definition) is 5. The third-order valence-electron chi connectivity index (χ3n) is 4.27. The predicted molar refractivity (Wildman–Crippen MR) is 116 cm³/mol. The molecule has 0 radical (unpaired) electrons. The van der Waals surface area contributed by atoms with Crippen LogP contribution in [0, 0.1) is 23.7 Å². The van der Waals surface area contributed by atoms with Gasteiger partial charge in [-0.15, -0.1) is 0 Å².